The number of hydrogen-bond acceptors (Lipinski definition) is 5. The fourth-order valence-electron chi connectivity index (χ4n) is 1.78. The summed E-state index contributed by atoms with van der Waals surface area (Å²) in [6.45, 7) is 1.05. The Hall–Kier alpha value is -0.180. The van der Waals surface area contributed by atoms with Gasteiger partial charge in [-0.3, -0.25) is 0 Å². The molecule has 8 heteroatoms. The Morgan fingerprint density at radius 1 is 1.29 bits per heavy atom. The molecule has 0 aromatic carbocycles. The number of sulfone groups is 1. The molecule has 1 fully saturated rings. The summed E-state index contributed by atoms with van der Waals surface area (Å²) < 4.78 is 47.3. The minimum atomic E-state index is -3.29. The molecule has 0 saturated carbocycles. The van der Waals surface area contributed by atoms with E-state index in [4.69, 9.17) is 0 Å². The van der Waals surface area contributed by atoms with Crippen LogP contribution < -0.4 is 10.0 Å². The van der Waals surface area contributed by atoms with Crippen LogP contribution in [0.3, 0.4) is 0 Å². The molecule has 1 saturated heterocycles. The Morgan fingerprint density at radius 3 is 2.53 bits per heavy atom. The highest BCUT2D eigenvalue weighted by Gasteiger charge is 2.21. The molecule has 0 aromatic rings. The van der Waals surface area contributed by atoms with Crippen LogP contribution in [0.25, 0.3) is 0 Å². The number of rotatable bonds is 7. The first-order valence-electron chi connectivity index (χ1n) is 5.67. The zero-order valence-electron chi connectivity index (χ0n) is 9.98. The monoisotopic (exact) mass is 284 g/mol. The van der Waals surface area contributed by atoms with Crippen LogP contribution in [0.2, 0.25) is 0 Å². The molecule has 0 radical (unpaired) electrons. The molecule has 0 aromatic heterocycles. The van der Waals surface area contributed by atoms with Crippen molar-refractivity contribution in [2.24, 2.45) is 0 Å². The lowest BCUT2D eigenvalue weighted by Crippen LogP contribution is -2.37. The first-order chi connectivity index (χ1) is 7.79. The van der Waals surface area contributed by atoms with Crippen molar-refractivity contribution >= 4 is 19.9 Å². The summed E-state index contributed by atoms with van der Waals surface area (Å²) in [4.78, 5) is 0. The zero-order valence-corrected chi connectivity index (χ0v) is 11.6. The van der Waals surface area contributed by atoms with E-state index in [0.717, 1.165) is 25.6 Å². The van der Waals surface area contributed by atoms with Gasteiger partial charge in [0.2, 0.25) is 10.0 Å². The van der Waals surface area contributed by atoms with Gasteiger partial charge < -0.3 is 5.32 Å². The maximum Gasteiger partial charge on any atom is 0.213 e. The zero-order chi connectivity index (χ0) is 12.9. The van der Waals surface area contributed by atoms with Crippen molar-refractivity contribution < 1.29 is 16.8 Å². The summed E-state index contributed by atoms with van der Waals surface area (Å²) in [5.41, 5.74) is 0. The standard InChI is InChI=1S/C9H20N2O4S2/c1-16(12,13)7-3-6-11-17(14,15)8-9-4-2-5-10-9/h9-11H,2-8H2,1H3. The lowest BCUT2D eigenvalue weighted by Gasteiger charge is -2.11. The van der Waals surface area contributed by atoms with E-state index in [9.17, 15) is 16.8 Å². The molecule has 0 aliphatic carbocycles. The predicted molar refractivity (Wildman–Crippen MR) is 67.1 cm³/mol. The van der Waals surface area contributed by atoms with E-state index in [1.54, 1.807) is 0 Å². The Balaban J connectivity index is 2.25. The normalized spacial score (nSPS) is 21.8. The van der Waals surface area contributed by atoms with E-state index in [-0.39, 0.29) is 24.1 Å². The molecule has 0 amide bonds. The lowest BCUT2D eigenvalue weighted by atomic mass is 10.3. The van der Waals surface area contributed by atoms with E-state index in [1.807, 2.05) is 0 Å². The topological polar surface area (TPSA) is 92.3 Å². The van der Waals surface area contributed by atoms with Crippen molar-refractivity contribution in [2.75, 3.05) is 30.9 Å². The summed E-state index contributed by atoms with van der Waals surface area (Å²) in [5.74, 6) is 0.0864. The molecule has 1 aliphatic heterocycles. The average Bonchev–Trinajstić information content (AvgIpc) is 2.63. The van der Waals surface area contributed by atoms with Gasteiger partial charge in [0.25, 0.3) is 0 Å². The predicted octanol–water partition coefficient (Wildman–Crippen LogP) is -0.907. The lowest BCUT2D eigenvalue weighted by molar-refractivity contribution is 0.561. The second-order valence-electron chi connectivity index (χ2n) is 4.45. The van der Waals surface area contributed by atoms with Crippen LogP contribution in [0.1, 0.15) is 19.3 Å². The first-order valence-corrected chi connectivity index (χ1v) is 9.38. The Bertz CT molecular complexity index is 424. The van der Waals surface area contributed by atoms with Crippen LogP contribution in [-0.4, -0.2) is 53.7 Å². The Morgan fingerprint density at radius 2 is 2.00 bits per heavy atom. The molecule has 1 heterocycles. The highest BCUT2D eigenvalue weighted by Crippen LogP contribution is 2.06. The van der Waals surface area contributed by atoms with Gasteiger partial charge in [0.05, 0.1) is 11.5 Å². The van der Waals surface area contributed by atoms with Gasteiger partial charge in [-0.25, -0.2) is 21.6 Å². The van der Waals surface area contributed by atoms with Crippen LogP contribution in [0.5, 0.6) is 0 Å². The molecule has 1 aliphatic rings. The highest BCUT2D eigenvalue weighted by atomic mass is 32.2. The van der Waals surface area contributed by atoms with Gasteiger partial charge in [0.1, 0.15) is 9.84 Å². The maximum atomic E-state index is 11.6. The quantitative estimate of drug-likeness (QED) is 0.591. The van der Waals surface area contributed by atoms with Crippen molar-refractivity contribution in [2.45, 2.75) is 25.3 Å². The van der Waals surface area contributed by atoms with Crippen molar-refractivity contribution in [3.63, 3.8) is 0 Å². The average molecular weight is 284 g/mol. The van der Waals surface area contributed by atoms with E-state index in [1.165, 1.54) is 0 Å². The molecule has 0 spiro atoms. The number of hydrogen-bond donors (Lipinski definition) is 2. The van der Waals surface area contributed by atoms with Gasteiger partial charge in [-0.2, -0.15) is 0 Å². The van der Waals surface area contributed by atoms with Gasteiger partial charge in [-0.05, 0) is 25.8 Å². The van der Waals surface area contributed by atoms with Gasteiger partial charge >= 0.3 is 0 Å². The van der Waals surface area contributed by atoms with Crippen molar-refractivity contribution in [3.05, 3.63) is 0 Å². The molecular weight excluding hydrogens is 264 g/mol. The van der Waals surface area contributed by atoms with Gasteiger partial charge in [-0.1, -0.05) is 0 Å². The summed E-state index contributed by atoms with van der Waals surface area (Å²) in [6.07, 6.45) is 3.35. The van der Waals surface area contributed by atoms with Crippen molar-refractivity contribution in [1.29, 1.82) is 0 Å². The van der Waals surface area contributed by atoms with Crippen LogP contribution >= 0.6 is 0 Å². The Kier molecular flexibility index (Phi) is 5.36. The van der Waals surface area contributed by atoms with Crippen LogP contribution in [0.15, 0.2) is 0 Å². The second-order valence-corrected chi connectivity index (χ2v) is 8.56. The summed E-state index contributed by atoms with van der Waals surface area (Å²) in [5, 5.41) is 3.11. The molecule has 1 atom stereocenters. The molecule has 6 nitrogen and oxygen atoms in total. The minimum absolute atomic E-state index is 0.0111. The van der Waals surface area contributed by atoms with Crippen LogP contribution in [0.4, 0.5) is 0 Å². The number of nitrogens with one attached hydrogen (secondary N) is 2. The van der Waals surface area contributed by atoms with Gasteiger partial charge in [0, 0.05) is 18.8 Å². The van der Waals surface area contributed by atoms with E-state index >= 15 is 0 Å². The smallest absolute Gasteiger partial charge is 0.213 e. The fourth-order valence-corrected chi connectivity index (χ4v) is 3.84. The summed E-state index contributed by atoms with van der Waals surface area (Å²) in [7, 11) is -6.30. The van der Waals surface area contributed by atoms with Crippen molar-refractivity contribution in [1.82, 2.24) is 10.0 Å². The molecule has 1 rings (SSSR count). The molecular formula is C9H20N2O4S2. The first kappa shape index (κ1) is 14.9. The largest absolute Gasteiger partial charge is 0.313 e. The fraction of sp³-hybridized carbons (Fsp3) is 1.00. The number of sulfonamides is 1. The summed E-state index contributed by atoms with van der Waals surface area (Å²) >= 11 is 0. The summed E-state index contributed by atoms with van der Waals surface area (Å²) in [6, 6.07) is 0.0300. The third kappa shape index (κ3) is 6.97. The van der Waals surface area contributed by atoms with Gasteiger partial charge in [0.15, 0.2) is 0 Å². The third-order valence-electron chi connectivity index (χ3n) is 2.60. The van der Waals surface area contributed by atoms with Crippen molar-refractivity contribution in [3.8, 4) is 0 Å². The van der Waals surface area contributed by atoms with E-state index in [0.29, 0.717) is 6.42 Å². The maximum absolute atomic E-state index is 11.6. The Labute approximate surface area is 103 Å². The highest BCUT2D eigenvalue weighted by molar-refractivity contribution is 7.90. The third-order valence-corrected chi connectivity index (χ3v) is 5.11. The van der Waals surface area contributed by atoms with Gasteiger partial charge in [-0.15, -0.1) is 0 Å². The van der Waals surface area contributed by atoms with E-state index < -0.39 is 19.9 Å². The molecule has 17 heavy (non-hydrogen) atoms. The molecule has 1 unspecified atom stereocenters. The molecule has 2 N–H and O–H groups in total. The minimum Gasteiger partial charge on any atom is -0.313 e. The van der Waals surface area contributed by atoms with Crippen LogP contribution in [0, 0.1) is 0 Å². The molecule has 102 valence electrons. The molecule has 0 bridgehead atoms. The van der Waals surface area contributed by atoms with E-state index in [2.05, 4.69) is 10.0 Å². The van der Waals surface area contributed by atoms with Crippen LogP contribution in [-0.2, 0) is 19.9 Å². The second kappa shape index (κ2) is 6.12. The SMILES string of the molecule is CS(=O)(=O)CCCNS(=O)(=O)CC1CCCN1.